The van der Waals surface area contributed by atoms with Gasteiger partial charge in [0.1, 0.15) is 19.4 Å². The van der Waals surface area contributed by atoms with Crippen LogP contribution in [0.3, 0.4) is 0 Å². The quantitative estimate of drug-likeness (QED) is 0.149. The number of halogens is 1. The van der Waals surface area contributed by atoms with E-state index >= 15 is 0 Å². The first-order valence-electron chi connectivity index (χ1n) is 15.4. The van der Waals surface area contributed by atoms with Gasteiger partial charge in [0.2, 0.25) is 5.75 Å². The monoisotopic (exact) mass is 689 g/mol. The van der Waals surface area contributed by atoms with E-state index in [4.69, 9.17) is 49.6 Å². The molecule has 1 amide bonds. The van der Waals surface area contributed by atoms with E-state index in [1.54, 1.807) is 59.8 Å². The van der Waals surface area contributed by atoms with E-state index in [0.717, 1.165) is 22.4 Å². The van der Waals surface area contributed by atoms with Crippen molar-refractivity contribution in [1.29, 1.82) is 0 Å². The summed E-state index contributed by atoms with van der Waals surface area (Å²) in [5.41, 5.74) is 4.39. The molecule has 2 heterocycles. The average Bonchev–Trinajstić information content (AvgIpc) is 3.63. The molecule has 0 fully saturated rings. The normalized spacial score (nSPS) is 16.3. The fourth-order valence-corrected chi connectivity index (χ4v) is 5.84. The Balaban J connectivity index is 1.08. The Morgan fingerprint density at radius 1 is 0.714 bits per heavy atom. The lowest BCUT2D eigenvalue weighted by molar-refractivity contribution is 0.0854. The van der Waals surface area contributed by atoms with Crippen LogP contribution in [0.2, 0.25) is 5.02 Å². The predicted octanol–water partition coefficient (Wildman–Crippen LogP) is 6.56. The fraction of sp³-hybridized carbons (Fsp3) is 0.278. The van der Waals surface area contributed by atoms with Crippen molar-refractivity contribution in [3.05, 3.63) is 94.0 Å². The van der Waals surface area contributed by atoms with Crippen LogP contribution in [-0.2, 0) is 4.84 Å². The number of oxime groups is 1. The van der Waals surface area contributed by atoms with Crippen LogP contribution >= 0.6 is 11.6 Å². The predicted molar refractivity (Wildman–Crippen MR) is 183 cm³/mol. The molecule has 12 nitrogen and oxygen atoms in total. The minimum absolute atomic E-state index is 0.219. The van der Waals surface area contributed by atoms with E-state index in [0.29, 0.717) is 62.9 Å². The number of nitrogens with zero attached hydrogens (tertiary/aromatic N) is 1. The molecular weight excluding hydrogens is 654 g/mol. The molecule has 0 bridgehead atoms. The number of fused-ring (bicyclic) bond motifs is 1. The summed E-state index contributed by atoms with van der Waals surface area (Å²) in [6, 6.07) is 19.9. The van der Waals surface area contributed by atoms with E-state index in [-0.39, 0.29) is 25.2 Å². The van der Waals surface area contributed by atoms with Crippen LogP contribution in [0.15, 0.2) is 71.9 Å². The Morgan fingerprint density at radius 2 is 1.37 bits per heavy atom. The number of methoxy groups -OCH3 is 5. The molecule has 0 aromatic heterocycles. The van der Waals surface area contributed by atoms with Gasteiger partial charge in [-0.15, -0.1) is 0 Å². The third kappa shape index (κ3) is 7.05. The van der Waals surface area contributed by atoms with E-state index in [1.807, 2.05) is 42.5 Å². The fourth-order valence-electron chi connectivity index (χ4n) is 5.66. The van der Waals surface area contributed by atoms with Gasteiger partial charge in [-0.1, -0.05) is 28.9 Å². The molecule has 0 radical (unpaired) electrons. The zero-order chi connectivity index (χ0) is 34.5. The van der Waals surface area contributed by atoms with Gasteiger partial charge in [0.05, 0.1) is 46.8 Å². The zero-order valence-corrected chi connectivity index (χ0v) is 28.4. The summed E-state index contributed by atoms with van der Waals surface area (Å²) >= 11 is 6.06. The lowest BCUT2D eigenvalue weighted by Gasteiger charge is -2.28. The van der Waals surface area contributed by atoms with Crippen molar-refractivity contribution >= 4 is 28.9 Å². The Hall–Kier alpha value is -5.49. The van der Waals surface area contributed by atoms with E-state index < -0.39 is 6.17 Å². The van der Waals surface area contributed by atoms with Gasteiger partial charge in [0.15, 0.2) is 40.6 Å². The number of carbonyl (C=O) groups is 1. The summed E-state index contributed by atoms with van der Waals surface area (Å²) in [6.45, 7) is 0.451. The summed E-state index contributed by atoms with van der Waals surface area (Å²) in [5.74, 6) is 3.50. The van der Waals surface area contributed by atoms with Crippen molar-refractivity contribution < 1.29 is 42.8 Å². The van der Waals surface area contributed by atoms with Crippen LogP contribution < -0.4 is 43.8 Å². The summed E-state index contributed by atoms with van der Waals surface area (Å²) in [7, 11) is 7.85. The first-order valence-corrected chi connectivity index (χ1v) is 15.7. The number of amides is 1. The topological polar surface area (TPSA) is 127 Å². The van der Waals surface area contributed by atoms with Crippen LogP contribution in [0.5, 0.6) is 40.2 Å². The van der Waals surface area contributed by atoms with Crippen molar-refractivity contribution in [2.45, 2.75) is 18.7 Å². The van der Waals surface area contributed by atoms with Crippen molar-refractivity contribution in [3.8, 4) is 40.2 Å². The van der Waals surface area contributed by atoms with Crippen molar-refractivity contribution in [2.75, 3.05) is 54.1 Å². The third-order valence-corrected chi connectivity index (χ3v) is 8.38. The van der Waals surface area contributed by atoms with Gasteiger partial charge in [-0.3, -0.25) is 4.79 Å². The average molecular weight is 690 g/mol. The summed E-state index contributed by atoms with van der Waals surface area (Å²) in [6.07, 6.45) is -0.278. The van der Waals surface area contributed by atoms with Gasteiger partial charge in [-0.25, -0.2) is 0 Å². The molecule has 4 aromatic rings. The number of benzene rings is 4. The molecule has 0 saturated carbocycles. The Labute approximate surface area is 288 Å². The highest BCUT2D eigenvalue weighted by atomic mass is 35.5. The number of anilines is 1. The minimum Gasteiger partial charge on any atom is -0.493 e. The molecule has 2 atom stereocenters. The third-order valence-electron chi connectivity index (χ3n) is 8.15. The molecule has 2 aliphatic heterocycles. The van der Waals surface area contributed by atoms with Crippen LogP contribution in [0.4, 0.5) is 5.69 Å². The number of carbonyl (C=O) groups excluding carboxylic acids is 1. The summed E-state index contributed by atoms with van der Waals surface area (Å²) < 4.78 is 39.7. The Kier molecular flexibility index (Phi) is 10.0. The Morgan fingerprint density at radius 3 is 2.06 bits per heavy atom. The first-order chi connectivity index (χ1) is 23.8. The second kappa shape index (κ2) is 14.7. The van der Waals surface area contributed by atoms with Gasteiger partial charge in [-0.2, -0.15) is 0 Å². The largest absolute Gasteiger partial charge is 0.493 e. The van der Waals surface area contributed by atoms with Gasteiger partial charge in [0, 0.05) is 22.7 Å². The van der Waals surface area contributed by atoms with Gasteiger partial charge >= 0.3 is 0 Å². The first kappa shape index (κ1) is 33.4. The highest BCUT2D eigenvalue weighted by molar-refractivity contribution is 6.31. The molecule has 13 heteroatoms. The summed E-state index contributed by atoms with van der Waals surface area (Å²) in [5, 5.41) is 11.1. The van der Waals surface area contributed by atoms with Gasteiger partial charge in [-0.05, 0) is 65.7 Å². The molecule has 2 aliphatic rings. The van der Waals surface area contributed by atoms with Crippen molar-refractivity contribution in [1.82, 2.24) is 5.32 Å². The molecule has 0 aliphatic carbocycles. The second-order valence-corrected chi connectivity index (χ2v) is 11.4. The molecule has 2 unspecified atom stereocenters. The number of hydrogen-bond donors (Lipinski definition) is 2. The van der Waals surface area contributed by atoms with Crippen LogP contribution in [0, 0.1) is 0 Å². The molecule has 49 heavy (non-hydrogen) atoms. The number of hydrogen-bond acceptors (Lipinski definition) is 11. The molecule has 256 valence electrons. The van der Waals surface area contributed by atoms with Gasteiger partial charge in [0.25, 0.3) is 5.91 Å². The van der Waals surface area contributed by atoms with E-state index in [2.05, 4.69) is 15.8 Å². The lowest BCUT2D eigenvalue weighted by atomic mass is 9.99. The summed E-state index contributed by atoms with van der Waals surface area (Å²) in [4.78, 5) is 18.5. The molecular formula is C36H36ClN3O9. The van der Waals surface area contributed by atoms with Gasteiger partial charge < -0.3 is 48.6 Å². The molecule has 2 N–H and O–H groups in total. The Bertz CT molecular complexity index is 1860. The lowest BCUT2D eigenvalue weighted by Crippen LogP contribution is -2.38. The van der Waals surface area contributed by atoms with Crippen LogP contribution in [-0.4, -0.2) is 60.4 Å². The van der Waals surface area contributed by atoms with E-state index in [1.165, 1.54) is 0 Å². The molecule has 4 aromatic carbocycles. The molecule has 0 saturated heterocycles. The van der Waals surface area contributed by atoms with Crippen molar-refractivity contribution in [3.63, 3.8) is 0 Å². The molecule has 0 spiro atoms. The smallest absolute Gasteiger partial charge is 0.255 e. The maximum Gasteiger partial charge on any atom is 0.255 e. The molecule has 6 rings (SSSR count). The maximum absolute atomic E-state index is 12.7. The standard InChI is InChI=1S/C36H36ClN3O9/c1-42-27-10-6-20(29-19-26(40-49-29)22-16-32(44-3)34(46-5)33(17-22)45-4)14-31(27)48-13-12-47-28-11-7-21(15-30(28)43-2)35-38-25-9-8-23(37)18-24(25)36(41)39-35/h6-11,14-18,29,35,38H,12-13,19H2,1-5H3,(H,39,41). The highest BCUT2D eigenvalue weighted by Gasteiger charge is 2.28. The highest BCUT2D eigenvalue weighted by Crippen LogP contribution is 2.41. The SMILES string of the molecule is COc1cc(C2NC(=O)c3cc(Cl)ccc3N2)ccc1OCCOc1cc(C2CC(c3cc(OC)c(OC)c(OC)c3)=NO2)ccc1OC. The maximum atomic E-state index is 12.7. The minimum atomic E-state index is -0.459. The zero-order valence-electron chi connectivity index (χ0n) is 27.6. The van der Waals surface area contributed by atoms with Crippen LogP contribution in [0.25, 0.3) is 0 Å². The second-order valence-electron chi connectivity index (χ2n) is 11.0. The van der Waals surface area contributed by atoms with Crippen LogP contribution in [0.1, 0.15) is 45.7 Å². The number of nitrogens with one attached hydrogen (secondary N) is 2. The van der Waals surface area contributed by atoms with E-state index in [9.17, 15) is 4.79 Å². The number of ether oxygens (including phenoxy) is 7. The van der Waals surface area contributed by atoms with Crippen molar-refractivity contribution in [2.24, 2.45) is 5.16 Å². The number of rotatable bonds is 13.